The van der Waals surface area contributed by atoms with Crippen molar-refractivity contribution < 1.29 is 4.79 Å². The lowest BCUT2D eigenvalue weighted by molar-refractivity contribution is 0.0951. The second-order valence-corrected chi connectivity index (χ2v) is 8.04. The molecule has 1 heterocycles. The number of hydrogen-bond donors (Lipinski definition) is 2. The Hall–Kier alpha value is -2.69. The Balaban J connectivity index is 1.58. The summed E-state index contributed by atoms with van der Waals surface area (Å²) in [4.78, 5) is 17.5. The van der Waals surface area contributed by atoms with Gasteiger partial charge >= 0.3 is 0 Å². The van der Waals surface area contributed by atoms with Crippen LogP contribution >= 0.6 is 11.6 Å². The number of amides is 1. The maximum Gasteiger partial charge on any atom is 0.251 e. The number of pyridine rings is 1. The van der Waals surface area contributed by atoms with Gasteiger partial charge in [-0.05, 0) is 84.3 Å². The molecule has 29 heavy (non-hydrogen) atoms. The van der Waals surface area contributed by atoms with E-state index < -0.39 is 0 Å². The number of aromatic nitrogens is 1. The van der Waals surface area contributed by atoms with E-state index in [4.69, 9.17) is 17.3 Å². The van der Waals surface area contributed by atoms with Gasteiger partial charge < -0.3 is 11.1 Å². The molecule has 1 aliphatic rings. The molecule has 5 heteroatoms. The van der Waals surface area contributed by atoms with Crippen molar-refractivity contribution in [3.8, 4) is 11.3 Å². The minimum Gasteiger partial charge on any atom is -0.348 e. The molecule has 0 bridgehead atoms. The van der Waals surface area contributed by atoms with Crippen LogP contribution in [0.1, 0.15) is 51.4 Å². The van der Waals surface area contributed by atoms with Gasteiger partial charge in [-0.1, -0.05) is 23.7 Å². The second kappa shape index (κ2) is 8.36. The summed E-state index contributed by atoms with van der Waals surface area (Å²) in [5.74, 6) is 0.468. The lowest BCUT2D eigenvalue weighted by Crippen LogP contribution is -2.24. The van der Waals surface area contributed by atoms with Gasteiger partial charge in [0.2, 0.25) is 0 Å². The number of nitrogens with zero attached hydrogens (tertiary/aromatic N) is 1. The van der Waals surface area contributed by atoms with E-state index in [1.165, 1.54) is 18.4 Å². The van der Waals surface area contributed by atoms with Crippen LogP contribution in [-0.4, -0.2) is 10.9 Å². The predicted octanol–water partition coefficient (Wildman–Crippen LogP) is 4.98. The molecule has 1 aromatic heterocycles. The third-order valence-electron chi connectivity index (χ3n) is 5.30. The van der Waals surface area contributed by atoms with E-state index in [0.717, 1.165) is 27.9 Å². The molecule has 4 rings (SSSR count). The van der Waals surface area contributed by atoms with Gasteiger partial charge in [-0.2, -0.15) is 0 Å². The summed E-state index contributed by atoms with van der Waals surface area (Å²) in [7, 11) is 0. The Bertz CT molecular complexity index is 1060. The zero-order valence-electron chi connectivity index (χ0n) is 16.4. The maximum atomic E-state index is 12.9. The van der Waals surface area contributed by atoms with E-state index in [1.807, 2.05) is 49.5 Å². The van der Waals surface area contributed by atoms with Crippen molar-refractivity contribution in [2.45, 2.75) is 38.8 Å². The maximum absolute atomic E-state index is 12.9. The minimum absolute atomic E-state index is 0.123. The monoisotopic (exact) mass is 405 g/mol. The Morgan fingerprint density at radius 2 is 2.00 bits per heavy atom. The molecule has 1 aliphatic carbocycles. The molecule has 0 saturated heterocycles. The highest BCUT2D eigenvalue weighted by atomic mass is 35.5. The van der Waals surface area contributed by atoms with Gasteiger partial charge in [-0.15, -0.1) is 0 Å². The van der Waals surface area contributed by atoms with Crippen LogP contribution < -0.4 is 11.1 Å². The van der Waals surface area contributed by atoms with E-state index >= 15 is 0 Å². The normalized spacial score (nSPS) is 13.3. The Kier molecular flexibility index (Phi) is 5.65. The fraction of sp³-hybridized carbons (Fsp3) is 0.250. The van der Waals surface area contributed by atoms with E-state index in [-0.39, 0.29) is 5.91 Å². The first-order valence-corrected chi connectivity index (χ1v) is 10.3. The Labute approximate surface area is 176 Å². The standard InChI is InChI=1S/C24H24ClN3O/c1-15-9-18(23-22(16-4-5-16)3-2-8-27-23)11-19(10-15)24(29)28-14-20-12-21(25)7-6-17(20)13-26/h2-3,6-12,16H,4-5,13-14,26H2,1H3,(H,28,29). The molecule has 3 aromatic rings. The molecule has 3 N–H and O–H groups in total. The molecule has 148 valence electrons. The fourth-order valence-electron chi connectivity index (χ4n) is 3.67. The molecule has 0 radical (unpaired) electrons. The van der Waals surface area contributed by atoms with E-state index in [1.54, 1.807) is 0 Å². The van der Waals surface area contributed by atoms with Crippen LogP contribution in [0.15, 0.2) is 54.7 Å². The molecular weight excluding hydrogens is 382 g/mol. The van der Waals surface area contributed by atoms with Gasteiger partial charge in [-0.3, -0.25) is 9.78 Å². The summed E-state index contributed by atoms with van der Waals surface area (Å²) in [6.07, 6.45) is 4.23. The quantitative estimate of drug-likeness (QED) is 0.607. The zero-order chi connectivity index (χ0) is 20.4. The molecule has 1 fully saturated rings. The average molecular weight is 406 g/mol. The summed E-state index contributed by atoms with van der Waals surface area (Å²) < 4.78 is 0. The van der Waals surface area contributed by atoms with Crippen LogP contribution in [-0.2, 0) is 13.1 Å². The largest absolute Gasteiger partial charge is 0.348 e. The van der Waals surface area contributed by atoms with Gasteiger partial charge in [0.1, 0.15) is 0 Å². The van der Waals surface area contributed by atoms with Crippen LogP contribution in [0, 0.1) is 6.92 Å². The number of carbonyl (C=O) groups excluding carboxylic acids is 1. The highest BCUT2D eigenvalue weighted by molar-refractivity contribution is 6.30. The van der Waals surface area contributed by atoms with Gasteiger partial charge in [0, 0.05) is 35.4 Å². The predicted molar refractivity (Wildman–Crippen MR) is 117 cm³/mol. The van der Waals surface area contributed by atoms with Gasteiger partial charge in [0.15, 0.2) is 0 Å². The molecule has 4 nitrogen and oxygen atoms in total. The van der Waals surface area contributed by atoms with Crippen molar-refractivity contribution in [2.75, 3.05) is 0 Å². The minimum atomic E-state index is -0.123. The lowest BCUT2D eigenvalue weighted by atomic mass is 9.98. The first-order valence-electron chi connectivity index (χ1n) is 9.87. The molecule has 0 spiro atoms. The highest BCUT2D eigenvalue weighted by Gasteiger charge is 2.27. The number of carbonyl (C=O) groups is 1. The van der Waals surface area contributed by atoms with Crippen LogP contribution in [0.4, 0.5) is 0 Å². The lowest BCUT2D eigenvalue weighted by Gasteiger charge is -2.13. The number of nitrogens with two attached hydrogens (primary N) is 1. The van der Waals surface area contributed by atoms with E-state index in [2.05, 4.69) is 22.4 Å². The molecule has 0 atom stereocenters. The van der Waals surface area contributed by atoms with E-state index in [0.29, 0.717) is 29.6 Å². The van der Waals surface area contributed by atoms with E-state index in [9.17, 15) is 4.79 Å². The van der Waals surface area contributed by atoms with Crippen molar-refractivity contribution in [1.29, 1.82) is 0 Å². The Morgan fingerprint density at radius 1 is 1.17 bits per heavy atom. The summed E-state index contributed by atoms with van der Waals surface area (Å²) in [6.45, 7) is 2.79. The first-order chi connectivity index (χ1) is 14.0. The number of aryl methyl sites for hydroxylation is 1. The van der Waals surface area contributed by atoms with Crippen LogP contribution in [0.25, 0.3) is 11.3 Å². The number of halogens is 1. The molecule has 2 aromatic carbocycles. The summed E-state index contributed by atoms with van der Waals surface area (Å²) in [5.41, 5.74) is 12.6. The van der Waals surface area contributed by atoms with Gasteiger partial charge in [-0.25, -0.2) is 0 Å². The summed E-state index contributed by atoms with van der Waals surface area (Å²) >= 11 is 6.10. The van der Waals surface area contributed by atoms with Crippen LogP contribution in [0.3, 0.4) is 0 Å². The van der Waals surface area contributed by atoms with Crippen molar-refractivity contribution in [1.82, 2.24) is 10.3 Å². The second-order valence-electron chi connectivity index (χ2n) is 7.60. The average Bonchev–Trinajstić information content (AvgIpc) is 3.57. The van der Waals surface area contributed by atoms with Crippen LogP contribution in [0.2, 0.25) is 5.02 Å². The number of nitrogens with one attached hydrogen (secondary N) is 1. The first kappa shape index (κ1) is 19.6. The van der Waals surface area contributed by atoms with Crippen molar-refractivity contribution >= 4 is 17.5 Å². The van der Waals surface area contributed by atoms with Gasteiger partial charge in [0.25, 0.3) is 5.91 Å². The molecular formula is C24H24ClN3O. The third kappa shape index (κ3) is 4.50. The molecule has 0 aliphatic heterocycles. The van der Waals surface area contributed by atoms with Crippen molar-refractivity contribution in [2.24, 2.45) is 5.73 Å². The van der Waals surface area contributed by atoms with Crippen molar-refractivity contribution in [3.63, 3.8) is 0 Å². The molecule has 1 saturated carbocycles. The van der Waals surface area contributed by atoms with Crippen LogP contribution in [0.5, 0.6) is 0 Å². The number of rotatable bonds is 6. The van der Waals surface area contributed by atoms with Gasteiger partial charge in [0.05, 0.1) is 5.69 Å². The smallest absolute Gasteiger partial charge is 0.251 e. The summed E-state index contributed by atoms with van der Waals surface area (Å²) in [6, 6.07) is 15.6. The zero-order valence-corrected chi connectivity index (χ0v) is 17.2. The molecule has 1 amide bonds. The van der Waals surface area contributed by atoms with Crippen molar-refractivity contribution in [3.05, 3.63) is 87.6 Å². The number of hydrogen-bond acceptors (Lipinski definition) is 3. The number of benzene rings is 2. The third-order valence-corrected chi connectivity index (χ3v) is 5.53. The summed E-state index contributed by atoms with van der Waals surface area (Å²) in [5, 5.41) is 3.63. The Morgan fingerprint density at radius 3 is 2.76 bits per heavy atom. The highest BCUT2D eigenvalue weighted by Crippen LogP contribution is 2.43. The fourth-order valence-corrected chi connectivity index (χ4v) is 3.86. The SMILES string of the molecule is Cc1cc(C(=O)NCc2cc(Cl)ccc2CN)cc(-c2ncccc2C2CC2)c1. The topological polar surface area (TPSA) is 68.0 Å². The molecule has 0 unspecified atom stereocenters.